The summed E-state index contributed by atoms with van der Waals surface area (Å²) in [7, 11) is 0. The Balaban J connectivity index is 1.57. The van der Waals surface area contributed by atoms with Crippen LogP contribution in [0.5, 0.6) is 11.5 Å². The number of benzene rings is 2. The quantitative estimate of drug-likeness (QED) is 0.365. The molecule has 1 aliphatic rings. The number of unbranched alkanes of at least 4 members (excludes halogenated alkanes) is 1. The average molecular weight is 419 g/mol. The van der Waals surface area contributed by atoms with Crippen molar-refractivity contribution in [1.29, 1.82) is 5.26 Å². The van der Waals surface area contributed by atoms with Crippen LogP contribution in [0.2, 0.25) is 0 Å². The van der Waals surface area contributed by atoms with Crippen molar-refractivity contribution in [2.45, 2.75) is 46.0 Å². The second kappa shape index (κ2) is 9.57. The largest absolute Gasteiger partial charge is 0.507 e. The van der Waals surface area contributed by atoms with Gasteiger partial charge >= 0.3 is 0 Å². The number of nitriles is 1. The number of Topliss-reactive ketones (excluding diaryl/α,β-unsaturated/α-hetero) is 3. The maximum Gasteiger partial charge on any atom is 0.188 e. The number of nitrogens with zero attached hydrogens (tertiary/aromatic N) is 1. The van der Waals surface area contributed by atoms with Crippen molar-refractivity contribution in [3.05, 3.63) is 58.1 Å². The summed E-state index contributed by atoms with van der Waals surface area (Å²) in [6.07, 6.45) is 3.92. The van der Waals surface area contributed by atoms with Crippen LogP contribution >= 0.6 is 0 Å². The van der Waals surface area contributed by atoms with E-state index in [0.717, 1.165) is 36.8 Å². The van der Waals surface area contributed by atoms with E-state index < -0.39 is 17.5 Å². The molecular formula is C25H25NO5. The number of fused-ring (bicyclic) bond motifs is 1. The summed E-state index contributed by atoms with van der Waals surface area (Å²) in [5.41, 5.74) is 2.76. The molecule has 2 aromatic rings. The second-order valence-corrected chi connectivity index (χ2v) is 7.71. The summed E-state index contributed by atoms with van der Waals surface area (Å²) in [6, 6.07) is 10.1. The molecular weight excluding hydrogens is 394 g/mol. The normalized spacial score (nSPS) is 14.9. The van der Waals surface area contributed by atoms with Crippen LogP contribution in [-0.2, 0) is 12.8 Å². The molecule has 0 radical (unpaired) electrons. The van der Waals surface area contributed by atoms with E-state index in [0.29, 0.717) is 24.3 Å². The van der Waals surface area contributed by atoms with E-state index in [-0.39, 0.29) is 22.7 Å². The molecule has 0 amide bonds. The van der Waals surface area contributed by atoms with E-state index in [1.807, 2.05) is 13.0 Å². The summed E-state index contributed by atoms with van der Waals surface area (Å²) in [6.45, 7) is 3.92. The van der Waals surface area contributed by atoms with Gasteiger partial charge in [0.15, 0.2) is 23.3 Å². The van der Waals surface area contributed by atoms with Crippen LogP contribution < -0.4 is 4.74 Å². The van der Waals surface area contributed by atoms with E-state index in [1.165, 1.54) is 13.0 Å². The van der Waals surface area contributed by atoms with Crippen molar-refractivity contribution in [3.8, 4) is 17.6 Å². The Morgan fingerprint density at radius 2 is 1.84 bits per heavy atom. The maximum absolute atomic E-state index is 12.2. The molecule has 3 rings (SSSR count). The van der Waals surface area contributed by atoms with E-state index in [1.54, 1.807) is 24.3 Å². The molecule has 2 aromatic carbocycles. The molecule has 6 heteroatoms. The first-order valence-electron chi connectivity index (χ1n) is 10.5. The number of hydrogen-bond acceptors (Lipinski definition) is 6. The zero-order valence-electron chi connectivity index (χ0n) is 17.7. The van der Waals surface area contributed by atoms with E-state index in [2.05, 4.69) is 0 Å². The van der Waals surface area contributed by atoms with E-state index in [9.17, 15) is 19.5 Å². The molecule has 160 valence electrons. The molecule has 0 saturated heterocycles. The average Bonchev–Trinajstić information content (AvgIpc) is 2.99. The van der Waals surface area contributed by atoms with Crippen molar-refractivity contribution >= 4 is 17.3 Å². The van der Waals surface area contributed by atoms with Crippen LogP contribution in [0.25, 0.3) is 0 Å². The van der Waals surface area contributed by atoms with Crippen LogP contribution in [0.4, 0.5) is 0 Å². The Hall–Kier alpha value is -3.46. The van der Waals surface area contributed by atoms with Gasteiger partial charge in [0.2, 0.25) is 0 Å². The highest BCUT2D eigenvalue weighted by Gasteiger charge is 2.38. The molecule has 0 fully saturated rings. The number of phenolic OH excluding ortho intramolecular Hbond substituents is 1. The third-order valence-electron chi connectivity index (χ3n) is 5.54. The van der Waals surface area contributed by atoms with Crippen LogP contribution in [0.1, 0.15) is 75.3 Å². The Bertz CT molecular complexity index is 1080. The molecule has 0 saturated carbocycles. The number of phenols is 1. The lowest BCUT2D eigenvalue weighted by Crippen LogP contribution is -2.11. The fourth-order valence-corrected chi connectivity index (χ4v) is 3.91. The molecule has 0 aromatic heterocycles. The predicted molar refractivity (Wildman–Crippen MR) is 115 cm³/mol. The molecule has 1 unspecified atom stereocenters. The van der Waals surface area contributed by atoms with Gasteiger partial charge in [0.25, 0.3) is 0 Å². The summed E-state index contributed by atoms with van der Waals surface area (Å²) in [5, 5.41) is 19.5. The standard InChI is InChI=1S/C25H25NO5/c1-3-6-19-16(8-10-18(15(2)27)23(19)28)7-4-5-12-31-17-9-11-20-21(13-17)25(30)22(14-26)24(20)29/h8-11,13,22,28H,3-7,12H2,1-2H3. The predicted octanol–water partition coefficient (Wildman–Crippen LogP) is 4.47. The lowest BCUT2D eigenvalue weighted by atomic mass is 9.94. The molecule has 0 aliphatic heterocycles. The van der Waals surface area contributed by atoms with Crippen molar-refractivity contribution in [2.24, 2.45) is 5.92 Å². The van der Waals surface area contributed by atoms with Crippen LogP contribution in [0, 0.1) is 17.2 Å². The van der Waals surface area contributed by atoms with Crippen molar-refractivity contribution in [1.82, 2.24) is 0 Å². The monoisotopic (exact) mass is 419 g/mol. The van der Waals surface area contributed by atoms with Gasteiger partial charge in [-0.25, -0.2) is 0 Å². The summed E-state index contributed by atoms with van der Waals surface area (Å²) in [4.78, 5) is 35.9. The van der Waals surface area contributed by atoms with Gasteiger partial charge < -0.3 is 9.84 Å². The number of rotatable bonds is 9. The number of aromatic hydroxyl groups is 1. The highest BCUT2D eigenvalue weighted by atomic mass is 16.5. The molecule has 0 heterocycles. The number of hydrogen-bond donors (Lipinski definition) is 1. The molecule has 1 aliphatic carbocycles. The van der Waals surface area contributed by atoms with E-state index >= 15 is 0 Å². The lowest BCUT2D eigenvalue weighted by Gasteiger charge is -2.14. The summed E-state index contributed by atoms with van der Waals surface area (Å²) < 4.78 is 5.73. The van der Waals surface area contributed by atoms with Gasteiger partial charge in [0, 0.05) is 11.1 Å². The van der Waals surface area contributed by atoms with Crippen LogP contribution in [-0.4, -0.2) is 29.1 Å². The second-order valence-electron chi connectivity index (χ2n) is 7.71. The van der Waals surface area contributed by atoms with E-state index in [4.69, 9.17) is 10.00 Å². The SMILES string of the molecule is CCCc1c(CCCCOc2ccc3c(c2)C(=O)C(C#N)C3=O)ccc(C(C)=O)c1O. The summed E-state index contributed by atoms with van der Waals surface area (Å²) in [5.74, 6) is -1.72. The minimum atomic E-state index is -1.24. The van der Waals surface area contributed by atoms with Crippen molar-refractivity contribution in [2.75, 3.05) is 6.61 Å². The number of aryl methyl sites for hydroxylation is 1. The minimum absolute atomic E-state index is 0.0936. The molecule has 0 bridgehead atoms. The fourth-order valence-electron chi connectivity index (χ4n) is 3.91. The van der Waals surface area contributed by atoms with Crippen molar-refractivity contribution < 1.29 is 24.2 Å². The topological polar surface area (TPSA) is 104 Å². The maximum atomic E-state index is 12.2. The Morgan fingerprint density at radius 3 is 2.52 bits per heavy atom. The van der Waals surface area contributed by atoms with Gasteiger partial charge in [-0.15, -0.1) is 0 Å². The first kappa shape index (κ1) is 22.2. The summed E-state index contributed by atoms with van der Waals surface area (Å²) >= 11 is 0. The van der Waals surface area contributed by atoms with Gasteiger partial charge in [0.05, 0.1) is 18.2 Å². The third kappa shape index (κ3) is 4.51. The van der Waals surface area contributed by atoms with Gasteiger partial charge in [-0.2, -0.15) is 5.26 Å². The number of carbonyl (C=O) groups excluding carboxylic acids is 3. The van der Waals surface area contributed by atoms with Crippen LogP contribution in [0.15, 0.2) is 30.3 Å². The Morgan fingerprint density at radius 1 is 1.10 bits per heavy atom. The number of ether oxygens (including phenoxy) is 1. The molecule has 1 N–H and O–H groups in total. The van der Waals surface area contributed by atoms with Gasteiger partial charge in [-0.05, 0) is 68.0 Å². The zero-order chi connectivity index (χ0) is 22.5. The van der Waals surface area contributed by atoms with Gasteiger partial charge in [-0.1, -0.05) is 19.4 Å². The highest BCUT2D eigenvalue weighted by molar-refractivity contribution is 6.28. The molecule has 31 heavy (non-hydrogen) atoms. The molecule has 6 nitrogen and oxygen atoms in total. The zero-order valence-corrected chi connectivity index (χ0v) is 17.7. The van der Waals surface area contributed by atoms with Crippen molar-refractivity contribution in [3.63, 3.8) is 0 Å². The lowest BCUT2D eigenvalue weighted by molar-refractivity contribution is 0.0875. The van der Waals surface area contributed by atoms with Gasteiger partial charge in [-0.3, -0.25) is 14.4 Å². The smallest absolute Gasteiger partial charge is 0.188 e. The Labute approximate surface area is 181 Å². The minimum Gasteiger partial charge on any atom is -0.507 e. The van der Waals surface area contributed by atoms with Gasteiger partial charge in [0.1, 0.15) is 11.5 Å². The Kier molecular flexibility index (Phi) is 6.86. The van der Waals surface area contributed by atoms with Crippen LogP contribution in [0.3, 0.4) is 0 Å². The molecule has 1 atom stereocenters. The third-order valence-corrected chi connectivity index (χ3v) is 5.54. The first-order valence-corrected chi connectivity index (χ1v) is 10.5. The fraction of sp³-hybridized carbons (Fsp3) is 0.360. The first-order chi connectivity index (χ1) is 14.9. The number of ketones is 3. The number of carbonyl (C=O) groups is 3. The molecule has 0 spiro atoms. The highest BCUT2D eigenvalue weighted by Crippen LogP contribution is 2.31.